The van der Waals surface area contributed by atoms with Crippen molar-refractivity contribution in [2.75, 3.05) is 42.0 Å². The number of likely N-dealkylation sites (N-methyl/N-ethyl adjacent to an activating group) is 2. The molecule has 252 valence electrons. The first-order valence-corrected chi connectivity index (χ1v) is 16.5. The fraction of sp³-hybridized carbons (Fsp3) is 0.879. The zero-order valence-corrected chi connectivity index (χ0v) is 28.7. The normalized spacial score (nSPS) is 27.5. The van der Waals surface area contributed by atoms with E-state index in [0.29, 0.717) is 18.5 Å². The number of hydrogen-bond donors (Lipinski definition) is 1. The van der Waals surface area contributed by atoms with Crippen LogP contribution in [0.15, 0.2) is 0 Å². The van der Waals surface area contributed by atoms with Crippen molar-refractivity contribution in [3.8, 4) is 0 Å². The lowest BCUT2D eigenvalue weighted by Gasteiger charge is -2.41. The van der Waals surface area contributed by atoms with Crippen LogP contribution in [0, 0.1) is 23.7 Å². The van der Waals surface area contributed by atoms with E-state index in [2.05, 4.69) is 24.1 Å². The quantitative estimate of drug-likeness (QED) is 0.277. The lowest BCUT2D eigenvalue weighted by atomic mass is 9.89. The number of piperidine rings is 1. The number of likely N-dealkylation sites (tertiary alicyclic amines) is 2. The molecule has 0 aromatic rings. The molecule has 0 aromatic carbocycles. The number of ether oxygens (including phenoxy) is 3. The third kappa shape index (κ3) is 7.58. The number of hydrogen-bond acceptors (Lipinski definition) is 8. The zero-order chi connectivity index (χ0) is 32.9. The summed E-state index contributed by atoms with van der Waals surface area (Å²) in [5.41, 5.74) is 0. The van der Waals surface area contributed by atoms with Crippen molar-refractivity contribution < 1.29 is 33.4 Å². The predicted octanol–water partition coefficient (Wildman–Crippen LogP) is 2.70. The third-order valence-corrected chi connectivity index (χ3v) is 10.8. The zero-order valence-electron chi connectivity index (χ0n) is 28.7. The first-order valence-electron chi connectivity index (χ1n) is 16.5. The average Bonchev–Trinajstić information content (AvgIpc) is 3.75. The van der Waals surface area contributed by atoms with Gasteiger partial charge in [-0.15, -0.1) is 0 Å². The van der Waals surface area contributed by atoms with Crippen LogP contribution in [-0.4, -0.2) is 123 Å². The smallest absolute Gasteiger partial charge is 0.311 e. The molecule has 1 N–H and O–H groups in total. The van der Waals surface area contributed by atoms with Gasteiger partial charge in [0.2, 0.25) is 17.7 Å². The molecule has 0 aromatic heterocycles. The van der Waals surface area contributed by atoms with Gasteiger partial charge in [-0.05, 0) is 63.8 Å². The second kappa shape index (κ2) is 15.9. The molecular formula is C33H58N4O7. The predicted molar refractivity (Wildman–Crippen MR) is 168 cm³/mol. The molecule has 2 heterocycles. The number of carbonyl (C=O) groups is 4. The highest BCUT2D eigenvalue weighted by Crippen LogP contribution is 2.41. The van der Waals surface area contributed by atoms with Crippen molar-refractivity contribution in [2.24, 2.45) is 23.7 Å². The number of amides is 3. The second-order valence-electron chi connectivity index (χ2n) is 13.7. The number of nitrogens with one attached hydrogen (secondary N) is 1. The highest BCUT2D eigenvalue weighted by atomic mass is 16.5. The first-order chi connectivity index (χ1) is 20.8. The minimum absolute atomic E-state index is 0.0300. The van der Waals surface area contributed by atoms with E-state index in [0.717, 1.165) is 38.5 Å². The number of rotatable bonds is 15. The molecule has 3 amide bonds. The third-order valence-electron chi connectivity index (χ3n) is 10.8. The molecule has 1 saturated carbocycles. The monoisotopic (exact) mass is 622 g/mol. The summed E-state index contributed by atoms with van der Waals surface area (Å²) in [7, 11) is 8.27. The molecule has 44 heavy (non-hydrogen) atoms. The maximum absolute atomic E-state index is 14.1. The summed E-state index contributed by atoms with van der Waals surface area (Å²) in [6, 6.07) is -1.10. The van der Waals surface area contributed by atoms with E-state index in [1.54, 1.807) is 38.0 Å². The molecule has 3 rings (SSSR count). The van der Waals surface area contributed by atoms with Gasteiger partial charge in [-0.2, -0.15) is 0 Å². The van der Waals surface area contributed by atoms with Crippen LogP contribution < -0.4 is 5.32 Å². The molecule has 3 aliphatic rings. The standard InChI is InChI=1S/C33H58N4O7/c1-11-20(4)28(25(42-8)18-26(38)37-16-12-13-24(37)30(43-9)21(5)33(41)44-10)36(7)32(40)27(19(2)3)34-31(39)29-22-14-15-23(17-22)35(29)6/h19-25,27-30H,11-18H2,1-10H3,(H,34,39)/t20-,21+,22-,23+,24-,25+,27-,28-,29-,30+/m0/s1. The number of methoxy groups -OCH3 is 3. The van der Waals surface area contributed by atoms with Crippen LogP contribution >= 0.6 is 0 Å². The molecule has 1 aliphatic carbocycles. The van der Waals surface area contributed by atoms with Crippen molar-refractivity contribution in [2.45, 2.75) is 122 Å². The van der Waals surface area contributed by atoms with E-state index < -0.39 is 30.2 Å². The first kappa shape index (κ1) is 36.2. The molecule has 0 unspecified atom stereocenters. The van der Waals surface area contributed by atoms with Gasteiger partial charge in [0.1, 0.15) is 6.04 Å². The van der Waals surface area contributed by atoms with E-state index >= 15 is 0 Å². The molecule has 11 heteroatoms. The van der Waals surface area contributed by atoms with Gasteiger partial charge in [0.25, 0.3) is 0 Å². The van der Waals surface area contributed by atoms with E-state index in [-0.39, 0.29) is 54.0 Å². The van der Waals surface area contributed by atoms with Gasteiger partial charge in [-0.1, -0.05) is 34.1 Å². The van der Waals surface area contributed by atoms with Crippen molar-refractivity contribution >= 4 is 23.7 Å². The van der Waals surface area contributed by atoms with E-state index in [4.69, 9.17) is 14.2 Å². The molecule has 11 nitrogen and oxygen atoms in total. The maximum atomic E-state index is 14.1. The summed E-state index contributed by atoms with van der Waals surface area (Å²) >= 11 is 0. The topological polar surface area (TPSA) is 118 Å². The molecule has 2 aliphatic heterocycles. The van der Waals surface area contributed by atoms with Crippen LogP contribution in [0.1, 0.15) is 79.6 Å². The summed E-state index contributed by atoms with van der Waals surface area (Å²) in [4.78, 5) is 59.5. The summed E-state index contributed by atoms with van der Waals surface area (Å²) < 4.78 is 16.6. The van der Waals surface area contributed by atoms with Gasteiger partial charge in [0, 0.05) is 33.9 Å². The fourth-order valence-corrected chi connectivity index (χ4v) is 8.06. The van der Waals surface area contributed by atoms with E-state index in [1.165, 1.54) is 7.11 Å². The Hall–Kier alpha value is -2.24. The van der Waals surface area contributed by atoms with Gasteiger partial charge in [0.15, 0.2) is 0 Å². The molecule has 3 fully saturated rings. The largest absolute Gasteiger partial charge is 0.469 e. The molecule has 2 bridgehead atoms. The molecular weight excluding hydrogens is 564 g/mol. The van der Waals surface area contributed by atoms with Gasteiger partial charge in [-0.3, -0.25) is 24.1 Å². The summed E-state index contributed by atoms with van der Waals surface area (Å²) in [6.07, 6.45) is 4.56. The highest BCUT2D eigenvalue weighted by molar-refractivity contribution is 5.90. The number of esters is 1. The Balaban J connectivity index is 1.77. The average molecular weight is 623 g/mol. The number of carbonyl (C=O) groups excluding carboxylic acids is 4. The Morgan fingerprint density at radius 3 is 2.20 bits per heavy atom. The lowest BCUT2D eigenvalue weighted by Crippen LogP contribution is -2.60. The molecule has 0 radical (unpaired) electrons. The van der Waals surface area contributed by atoms with E-state index in [9.17, 15) is 19.2 Å². The van der Waals surface area contributed by atoms with Crippen molar-refractivity contribution in [3.63, 3.8) is 0 Å². The van der Waals surface area contributed by atoms with Gasteiger partial charge in [0.05, 0.1) is 49.8 Å². The number of fused-ring (bicyclic) bond motifs is 2. The van der Waals surface area contributed by atoms with Crippen LogP contribution in [-0.2, 0) is 33.4 Å². The van der Waals surface area contributed by atoms with Crippen LogP contribution in [0.2, 0.25) is 0 Å². The summed E-state index contributed by atoms with van der Waals surface area (Å²) in [5, 5.41) is 3.12. The SMILES string of the molecule is CC[C@H](C)[C@@H]([C@@H](CC(=O)N1CCC[C@H]1[C@H](OC)[C@@H](C)C(=O)OC)OC)N(C)C(=O)[C@@H](NC(=O)[C@@H]1[C@H]2CC[C@H](C2)N1C)C(C)C. The van der Waals surface area contributed by atoms with Crippen LogP contribution in [0.3, 0.4) is 0 Å². The second-order valence-corrected chi connectivity index (χ2v) is 13.7. The summed E-state index contributed by atoms with van der Waals surface area (Å²) in [6.45, 7) is 10.4. The Kier molecular flexibility index (Phi) is 13.1. The minimum Gasteiger partial charge on any atom is -0.469 e. The molecule has 0 spiro atoms. The maximum Gasteiger partial charge on any atom is 0.311 e. The van der Waals surface area contributed by atoms with Gasteiger partial charge in [-0.25, -0.2) is 0 Å². The Morgan fingerprint density at radius 2 is 1.68 bits per heavy atom. The van der Waals surface area contributed by atoms with E-state index in [1.807, 2.05) is 20.9 Å². The Bertz CT molecular complexity index is 1010. The summed E-state index contributed by atoms with van der Waals surface area (Å²) in [5.74, 6) is -1.00. The van der Waals surface area contributed by atoms with Crippen LogP contribution in [0.5, 0.6) is 0 Å². The highest BCUT2D eigenvalue weighted by Gasteiger charge is 2.48. The molecule has 10 atom stereocenters. The van der Waals surface area contributed by atoms with Crippen molar-refractivity contribution in [3.05, 3.63) is 0 Å². The van der Waals surface area contributed by atoms with Gasteiger partial charge >= 0.3 is 5.97 Å². The van der Waals surface area contributed by atoms with Crippen molar-refractivity contribution in [1.82, 2.24) is 20.0 Å². The fourth-order valence-electron chi connectivity index (χ4n) is 8.06. The Labute approximate surface area is 264 Å². The van der Waals surface area contributed by atoms with Crippen LogP contribution in [0.25, 0.3) is 0 Å². The lowest BCUT2D eigenvalue weighted by molar-refractivity contribution is -0.154. The minimum atomic E-state index is -0.690. The number of nitrogens with zero attached hydrogens (tertiary/aromatic N) is 3. The van der Waals surface area contributed by atoms with Gasteiger partial charge < -0.3 is 29.3 Å². The van der Waals surface area contributed by atoms with Crippen LogP contribution in [0.4, 0.5) is 0 Å². The van der Waals surface area contributed by atoms with Crippen molar-refractivity contribution in [1.29, 1.82) is 0 Å². The Morgan fingerprint density at radius 1 is 1.00 bits per heavy atom. The molecule has 2 saturated heterocycles.